The number of thiophene rings is 1. The van der Waals surface area contributed by atoms with Crippen molar-refractivity contribution in [2.45, 2.75) is 6.42 Å². The molecule has 0 atom stereocenters. The summed E-state index contributed by atoms with van der Waals surface area (Å²) in [6.07, 6.45) is 2.43. The monoisotopic (exact) mass is 434 g/mol. The lowest BCUT2D eigenvalue weighted by atomic mass is 10.2. The topological polar surface area (TPSA) is 66.0 Å². The van der Waals surface area contributed by atoms with E-state index in [0.29, 0.717) is 62.3 Å². The fourth-order valence-electron chi connectivity index (χ4n) is 3.63. The van der Waals surface area contributed by atoms with Crippen LogP contribution < -0.4 is 4.90 Å². The summed E-state index contributed by atoms with van der Waals surface area (Å²) in [5, 5.41) is 4.26. The lowest BCUT2D eigenvalue weighted by molar-refractivity contribution is 0.0302. The molecule has 0 radical (unpaired) electrons. The van der Waals surface area contributed by atoms with Crippen LogP contribution >= 0.6 is 22.9 Å². The molecule has 29 heavy (non-hydrogen) atoms. The summed E-state index contributed by atoms with van der Waals surface area (Å²) in [5.74, 6) is 0.659. The zero-order chi connectivity index (χ0) is 20.2. The van der Waals surface area contributed by atoms with Gasteiger partial charge >= 0.3 is 0 Å². The second kappa shape index (κ2) is 9.11. The second-order valence-electron chi connectivity index (χ2n) is 7.08. The van der Waals surface area contributed by atoms with E-state index in [2.05, 4.69) is 9.88 Å². The molecule has 2 aliphatic rings. The van der Waals surface area contributed by atoms with E-state index < -0.39 is 0 Å². The predicted molar refractivity (Wildman–Crippen MR) is 113 cm³/mol. The highest BCUT2D eigenvalue weighted by Gasteiger charge is 2.24. The van der Waals surface area contributed by atoms with Crippen molar-refractivity contribution in [3.63, 3.8) is 0 Å². The number of carbonyl (C=O) groups is 2. The number of hydrogen-bond donors (Lipinski definition) is 0. The summed E-state index contributed by atoms with van der Waals surface area (Å²) in [4.78, 5) is 35.5. The smallest absolute Gasteiger partial charge is 0.255 e. The maximum Gasteiger partial charge on any atom is 0.255 e. The van der Waals surface area contributed by atoms with Gasteiger partial charge in [0, 0.05) is 50.8 Å². The molecule has 0 N–H and O–H groups in total. The van der Waals surface area contributed by atoms with E-state index in [0.717, 1.165) is 18.5 Å². The van der Waals surface area contributed by atoms with E-state index in [1.807, 2.05) is 21.7 Å². The first-order chi connectivity index (χ1) is 14.1. The SMILES string of the molecule is O=C(c1cnc(N2CCCN(C(=O)c3ccsc3)CC2)c(Cl)c1)N1CCOCC1. The Morgan fingerprint density at radius 1 is 1.00 bits per heavy atom. The van der Waals surface area contributed by atoms with Gasteiger partial charge in [-0.3, -0.25) is 9.59 Å². The molecule has 0 unspecified atom stereocenters. The van der Waals surface area contributed by atoms with Gasteiger partial charge in [-0.1, -0.05) is 11.6 Å². The third kappa shape index (κ3) is 4.55. The van der Waals surface area contributed by atoms with Crippen LogP contribution in [0, 0.1) is 0 Å². The van der Waals surface area contributed by atoms with E-state index in [4.69, 9.17) is 16.3 Å². The summed E-state index contributed by atoms with van der Waals surface area (Å²) >= 11 is 8.03. The quantitative estimate of drug-likeness (QED) is 0.743. The summed E-state index contributed by atoms with van der Waals surface area (Å²) in [7, 11) is 0. The summed E-state index contributed by atoms with van der Waals surface area (Å²) < 4.78 is 5.30. The minimum Gasteiger partial charge on any atom is -0.378 e. The number of nitrogens with zero attached hydrogens (tertiary/aromatic N) is 4. The van der Waals surface area contributed by atoms with E-state index in [-0.39, 0.29) is 11.8 Å². The minimum atomic E-state index is -0.0716. The summed E-state index contributed by atoms with van der Waals surface area (Å²) in [6, 6.07) is 3.55. The standard InChI is InChI=1S/C20H23ClN4O3S/c21-17-12-16(20(27)25-7-9-28-10-8-25)13-22-18(17)23-3-1-4-24(6-5-23)19(26)15-2-11-29-14-15/h2,11-14H,1,3-10H2. The second-order valence-corrected chi connectivity index (χ2v) is 8.27. The van der Waals surface area contributed by atoms with Crippen molar-refractivity contribution in [2.75, 3.05) is 57.4 Å². The van der Waals surface area contributed by atoms with Crippen molar-refractivity contribution in [1.29, 1.82) is 0 Å². The van der Waals surface area contributed by atoms with Crippen molar-refractivity contribution in [2.24, 2.45) is 0 Å². The highest BCUT2D eigenvalue weighted by Crippen LogP contribution is 2.26. The average Bonchev–Trinajstić information content (AvgIpc) is 3.18. The van der Waals surface area contributed by atoms with E-state index >= 15 is 0 Å². The fourth-order valence-corrected chi connectivity index (χ4v) is 4.55. The van der Waals surface area contributed by atoms with Gasteiger partial charge in [0.15, 0.2) is 0 Å². The molecule has 2 amide bonds. The van der Waals surface area contributed by atoms with E-state index in [9.17, 15) is 9.59 Å². The maximum atomic E-state index is 12.6. The van der Waals surface area contributed by atoms with E-state index in [1.165, 1.54) is 11.3 Å². The molecule has 0 aromatic carbocycles. The molecule has 2 saturated heterocycles. The summed E-state index contributed by atoms with van der Waals surface area (Å²) in [6.45, 7) is 5.00. The predicted octanol–water partition coefficient (Wildman–Crippen LogP) is 2.62. The molecule has 2 aromatic rings. The van der Waals surface area contributed by atoms with Gasteiger partial charge in [0.25, 0.3) is 11.8 Å². The minimum absolute atomic E-state index is 0.0682. The molecule has 0 bridgehead atoms. The number of halogens is 1. The Kier molecular flexibility index (Phi) is 6.32. The normalized spacial score (nSPS) is 17.9. The number of amides is 2. The Morgan fingerprint density at radius 2 is 1.76 bits per heavy atom. The van der Waals surface area contributed by atoms with Crippen LogP contribution in [0.25, 0.3) is 0 Å². The van der Waals surface area contributed by atoms with Gasteiger partial charge in [-0.25, -0.2) is 4.98 Å². The first-order valence-electron chi connectivity index (χ1n) is 9.72. The molecule has 4 heterocycles. The molecule has 2 aromatic heterocycles. The number of pyridine rings is 1. The Hall–Kier alpha value is -2.16. The van der Waals surface area contributed by atoms with Gasteiger partial charge in [0.1, 0.15) is 5.82 Å². The molecule has 0 spiro atoms. The van der Waals surface area contributed by atoms with Crippen molar-refractivity contribution in [1.82, 2.24) is 14.8 Å². The first-order valence-corrected chi connectivity index (χ1v) is 11.0. The largest absolute Gasteiger partial charge is 0.378 e. The molecular formula is C20H23ClN4O3S. The van der Waals surface area contributed by atoms with Crippen molar-refractivity contribution < 1.29 is 14.3 Å². The highest BCUT2D eigenvalue weighted by molar-refractivity contribution is 7.08. The summed E-state index contributed by atoms with van der Waals surface area (Å²) in [5.41, 5.74) is 1.23. The molecule has 2 aliphatic heterocycles. The number of hydrogen-bond acceptors (Lipinski definition) is 6. The average molecular weight is 435 g/mol. The van der Waals surface area contributed by atoms with Crippen molar-refractivity contribution in [3.05, 3.63) is 45.2 Å². The number of anilines is 1. The fraction of sp³-hybridized carbons (Fsp3) is 0.450. The Balaban J connectivity index is 1.43. The van der Waals surface area contributed by atoms with Crippen molar-refractivity contribution >= 4 is 40.6 Å². The van der Waals surface area contributed by atoms with Crippen LogP contribution in [-0.4, -0.2) is 79.1 Å². The number of aromatic nitrogens is 1. The number of carbonyl (C=O) groups excluding carboxylic acids is 2. The van der Waals surface area contributed by atoms with Crippen molar-refractivity contribution in [3.8, 4) is 0 Å². The zero-order valence-electron chi connectivity index (χ0n) is 16.1. The molecule has 0 saturated carbocycles. The van der Waals surface area contributed by atoms with E-state index in [1.54, 1.807) is 17.2 Å². The Morgan fingerprint density at radius 3 is 2.48 bits per heavy atom. The van der Waals surface area contributed by atoms with Gasteiger partial charge in [-0.15, -0.1) is 0 Å². The van der Waals surface area contributed by atoms with Crippen LogP contribution in [-0.2, 0) is 4.74 Å². The third-order valence-corrected chi connectivity index (χ3v) is 6.18. The molecular weight excluding hydrogens is 412 g/mol. The van der Waals surface area contributed by atoms with Crippen LogP contribution in [0.2, 0.25) is 5.02 Å². The number of rotatable bonds is 3. The van der Waals surface area contributed by atoms with Crippen LogP contribution in [0.1, 0.15) is 27.1 Å². The van der Waals surface area contributed by atoms with Gasteiger partial charge < -0.3 is 19.4 Å². The molecule has 154 valence electrons. The lowest BCUT2D eigenvalue weighted by Gasteiger charge is -2.27. The molecule has 2 fully saturated rings. The van der Waals surface area contributed by atoms with Crippen LogP contribution in [0.4, 0.5) is 5.82 Å². The van der Waals surface area contributed by atoms with Crippen LogP contribution in [0.3, 0.4) is 0 Å². The van der Waals surface area contributed by atoms with Crippen LogP contribution in [0.15, 0.2) is 29.1 Å². The maximum absolute atomic E-state index is 12.6. The Bertz CT molecular complexity index is 871. The highest BCUT2D eigenvalue weighted by atomic mass is 35.5. The van der Waals surface area contributed by atoms with Crippen LogP contribution in [0.5, 0.6) is 0 Å². The van der Waals surface area contributed by atoms with Gasteiger partial charge in [0.05, 0.1) is 29.4 Å². The van der Waals surface area contributed by atoms with Gasteiger partial charge in [-0.2, -0.15) is 11.3 Å². The molecule has 7 nitrogen and oxygen atoms in total. The molecule has 4 rings (SSSR count). The third-order valence-electron chi connectivity index (χ3n) is 5.22. The Labute approximate surface area is 178 Å². The van der Waals surface area contributed by atoms with Gasteiger partial charge in [0.2, 0.25) is 0 Å². The number of ether oxygens (including phenoxy) is 1. The zero-order valence-corrected chi connectivity index (χ0v) is 17.6. The molecule has 9 heteroatoms. The molecule has 0 aliphatic carbocycles. The lowest BCUT2D eigenvalue weighted by Crippen LogP contribution is -2.40. The number of morpholine rings is 1. The van der Waals surface area contributed by atoms with Gasteiger partial charge in [-0.05, 0) is 23.9 Å². The first kappa shape index (κ1) is 20.1.